The normalized spacial score (nSPS) is 13.5. The molecule has 5 aromatic rings. The molecule has 0 amide bonds. The van der Waals surface area contributed by atoms with E-state index in [4.69, 9.17) is 4.74 Å². The Morgan fingerprint density at radius 3 is 1.73 bits per heavy atom. The molecule has 0 heterocycles. The summed E-state index contributed by atoms with van der Waals surface area (Å²) < 4.78 is 5.50. The van der Waals surface area contributed by atoms with Gasteiger partial charge >= 0.3 is 5.97 Å². The van der Waals surface area contributed by atoms with Crippen LogP contribution in [0.5, 0.6) is 0 Å². The minimum atomic E-state index is -0.515. The fraction of sp³-hybridized carbons (Fsp3) is 0.343. The minimum absolute atomic E-state index is 0.0365. The first-order chi connectivity index (χ1) is 17.1. The number of hydrogen-bond acceptors (Lipinski definition) is 2. The van der Waals surface area contributed by atoms with Gasteiger partial charge in [-0.05, 0) is 110 Å². The van der Waals surface area contributed by atoms with Gasteiger partial charge in [-0.2, -0.15) is 0 Å². The lowest BCUT2D eigenvalue weighted by atomic mass is 9.79. The predicted octanol–water partition coefficient (Wildman–Crippen LogP) is 9.69. The highest BCUT2D eigenvalue weighted by Crippen LogP contribution is 2.44. The van der Waals surface area contributed by atoms with Crippen molar-refractivity contribution in [2.45, 2.75) is 78.7 Å². The zero-order chi connectivity index (χ0) is 26.9. The van der Waals surface area contributed by atoms with Gasteiger partial charge in [0.05, 0.1) is 0 Å². The van der Waals surface area contributed by atoms with E-state index >= 15 is 0 Å². The van der Waals surface area contributed by atoms with Crippen LogP contribution in [0.15, 0.2) is 60.7 Å². The topological polar surface area (TPSA) is 26.3 Å². The van der Waals surface area contributed by atoms with Crippen molar-refractivity contribution >= 4 is 55.1 Å². The number of rotatable bonds is 2. The third kappa shape index (κ3) is 4.59. The first kappa shape index (κ1) is 25.3. The molecular weight excluding hydrogens is 452 g/mol. The van der Waals surface area contributed by atoms with E-state index in [1.54, 1.807) is 6.08 Å². The van der Waals surface area contributed by atoms with Crippen LogP contribution < -0.4 is 0 Å². The van der Waals surface area contributed by atoms with E-state index in [-0.39, 0.29) is 16.8 Å². The highest BCUT2D eigenvalue weighted by atomic mass is 16.6. The molecule has 0 fully saturated rings. The number of carbonyl (C=O) groups is 1. The fourth-order valence-corrected chi connectivity index (χ4v) is 5.32. The van der Waals surface area contributed by atoms with E-state index in [1.165, 1.54) is 48.8 Å². The van der Waals surface area contributed by atoms with Gasteiger partial charge in [0, 0.05) is 6.08 Å². The van der Waals surface area contributed by atoms with Crippen LogP contribution >= 0.6 is 0 Å². The second-order valence-electron chi connectivity index (χ2n) is 13.4. The molecular formula is C35H38O2. The molecule has 5 rings (SSSR count). The van der Waals surface area contributed by atoms with Gasteiger partial charge in [-0.1, -0.05) is 84.0 Å². The minimum Gasteiger partial charge on any atom is -0.457 e. The zero-order valence-corrected chi connectivity index (χ0v) is 23.7. The molecule has 0 saturated carbocycles. The molecule has 0 aliphatic heterocycles. The standard InChI is InChI=1S/C35H38O2/c1-33(2,3)23-17-22-18-24(34(4,5)6)20-29-27-15-13-21(14-16-30(36)37-35(7,8)9)25-11-10-12-26(32(25)27)28(19-23)31(22)29/h10-20H,1-9H3/b16-14+. The maximum atomic E-state index is 12.4. The largest absolute Gasteiger partial charge is 0.457 e. The Morgan fingerprint density at radius 1 is 0.649 bits per heavy atom. The second kappa shape index (κ2) is 8.31. The molecule has 2 nitrogen and oxygen atoms in total. The molecule has 0 atom stereocenters. The van der Waals surface area contributed by atoms with Crippen molar-refractivity contribution in [2.24, 2.45) is 0 Å². The van der Waals surface area contributed by atoms with Gasteiger partial charge in [-0.3, -0.25) is 0 Å². The van der Waals surface area contributed by atoms with Crippen LogP contribution in [0.1, 0.15) is 79.0 Å². The van der Waals surface area contributed by atoms with Crippen LogP contribution in [0.4, 0.5) is 0 Å². The second-order valence-corrected chi connectivity index (χ2v) is 13.4. The molecule has 5 aromatic carbocycles. The summed E-state index contributed by atoms with van der Waals surface area (Å²) in [5, 5.41) is 10.1. The van der Waals surface area contributed by atoms with Crippen molar-refractivity contribution in [2.75, 3.05) is 0 Å². The maximum Gasteiger partial charge on any atom is 0.331 e. The van der Waals surface area contributed by atoms with E-state index in [0.717, 1.165) is 10.9 Å². The molecule has 0 unspecified atom stereocenters. The van der Waals surface area contributed by atoms with Crippen molar-refractivity contribution in [3.8, 4) is 0 Å². The van der Waals surface area contributed by atoms with Gasteiger partial charge in [0.2, 0.25) is 0 Å². The lowest BCUT2D eigenvalue weighted by Gasteiger charge is -2.25. The maximum absolute atomic E-state index is 12.4. The van der Waals surface area contributed by atoms with Gasteiger partial charge in [-0.25, -0.2) is 4.79 Å². The van der Waals surface area contributed by atoms with Crippen molar-refractivity contribution in [3.05, 3.63) is 77.4 Å². The Kier molecular flexibility index (Phi) is 5.68. The van der Waals surface area contributed by atoms with E-state index in [1.807, 2.05) is 26.8 Å². The van der Waals surface area contributed by atoms with Crippen LogP contribution in [-0.4, -0.2) is 11.6 Å². The van der Waals surface area contributed by atoms with Gasteiger partial charge in [0.15, 0.2) is 0 Å². The van der Waals surface area contributed by atoms with E-state index in [0.29, 0.717) is 0 Å². The monoisotopic (exact) mass is 490 g/mol. The lowest BCUT2D eigenvalue weighted by molar-refractivity contribution is -0.148. The van der Waals surface area contributed by atoms with Gasteiger partial charge in [0.1, 0.15) is 5.60 Å². The SMILES string of the molecule is CC(C)(C)OC(=O)/C=C/c1ccc2c3cc(C(C)(C)C)cc4cc(C(C)(C)C)cc(c5cccc1c52)c43. The molecule has 0 spiro atoms. The Balaban J connectivity index is 1.88. The summed E-state index contributed by atoms with van der Waals surface area (Å²) in [6.07, 6.45) is 3.43. The van der Waals surface area contributed by atoms with Gasteiger partial charge in [0.25, 0.3) is 0 Å². The molecule has 190 valence electrons. The summed E-state index contributed by atoms with van der Waals surface area (Å²) in [4.78, 5) is 12.4. The van der Waals surface area contributed by atoms with Crippen molar-refractivity contribution in [1.29, 1.82) is 0 Å². The Hall–Kier alpha value is -3.39. The predicted molar refractivity (Wildman–Crippen MR) is 160 cm³/mol. The smallest absolute Gasteiger partial charge is 0.331 e. The lowest BCUT2D eigenvalue weighted by Crippen LogP contribution is -2.22. The molecule has 0 N–H and O–H groups in total. The van der Waals surface area contributed by atoms with Gasteiger partial charge in [-0.15, -0.1) is 0 Å². The van der Waals surface area contributed by atoms with Crippen LogP contribution in [0.3, 0.4) is 0 Å². The summed E-state index contributed by atoms with van der Waals surface area (Å²) in [6, 6.07) is 20.5. The fourth-order valence-electron chi connectivity index (χ4n) is 5.32. The molecule has 0 aliphatic rings. The number of carbonyl (C=O) groups excluding carboxylic acids is 1. The molecule has 0 radical (unpaired) electrons. The summed E-state index contributed by atoms with van der Waals surface area (Å²) in [5.74, 6) is -0.326. The average Bonchev–Trinajstić information content (AvgIpc) is 2.78. The average molecular weight is 491 g/mol. The molecule has 0 aromatic heterocycles. The quantitative estimate of drug-likeness (QED) is 0.107. The molecule has 2 heteroatoms. The highest BCUT2D eigenvalue weighted by Gasteiger charge is 2.22. The Morgan fingerprint density at radius 2 is 1.19 bits per heavy atom. The first-order valence-corrected chi connectivity index (χ1v) is 13.2. The zero-order valence-electron chi connectivity index (χ0n) is 23.7. The number of benzene rings is 5. The van der Waals surface area contributed by atoms with Crippen LogP contribution in [-0.2, 0) is 20.4 Å². The summed E-state index contributed by atoms with van der Waals surface area (Å²) in [5.41, 5.74) is 3.26. The van der Waals surface area contributed by atoms with Crippen molar-refractivity contribution < 1.29 is 9.53 Å². The van der Waals surface area contributed by atoms with Gasteiger partial charge < -0.3 is 4.74 Å². The molecule has 0 aliphatic carbocycles. The Bertz CT molecular complexity index is 1630. The highest BCUT2D eigenvalue weighted by molar-refractivity contribution is 6.33. The first-order valence-electron chi connectivity index (χ1n) is 13.2. The number of fused-ring (bicyclic) bond motifs is 2. The summed E-state index contributed by atoms with van der Waals surface area (Å²) in [7, 11) is 0. The third-order valence-corrected chi connectivity index (χ3v) is 7.24. The van der Waals surface area contributed by atoms with Crippen LogP contribution in [0.2, 0.25) is 0 Å². The van der Waals surface area contributed by atoms with E-state index < -0.39 is 5.60 Å². The molecule has 37 heavy (non-hydrogen) atoms. The van der Waals surface area contributed by atoms with Crippen molar-refractivity contribution in [1.82, 2.24) is 0 Å². The third-order valence-electron chi connectivity index (χ3n) is 7.24. The molecule has 0 bridgehead atoms. The summed E-state index contributed by atoms with van der Waals surface area (Å²) >= 11 is 0. The van der Waals surface area contributed by atoms with E-state index in [2.05, 4.69) is 96.1 Å². The van der Waals surface area contributed by atoms with Crippen LogP contribution in [0, 0.1) is 0 Å². The number of esters is 1. The Labute approximate surface area is 220 Å². The number of ether oxygens (including phenoxy) is 1. The number of hydrogen-bond donors (Lipinski definition) is 0. The molecule has 0 saturated heterocycles. The van der Waals surface area contributed by atoms with E-state index in [9.17, 15) is 4.79 Å². The van der Waals surface area contributed by atoms with Crippen LogP contribution in [0.25, 0.3) is 49.2 Å². The van der Waals surface area contributed by atoms with Crippen molar-refractivity contribution in [3.63, 3.8) is 0 Å². The summed E-state index contributed by atoms with van der Waals surface area (Å²) in [6.45, 7) is 19.4.